The van der Waals surface area contributed by atoms with Gasteiger partial charge in [-0.05, 0) is 38.4 Å². The summed E-state index contributed by atoms with van der Waals surface area (Å²) in [5.41, 5.74) is 0.544. The average Bonchev–Trinajstić information content (AvgIpc) is 2.49. The molecule has 1 aliphatic rings. The van der Waals surface area contributed by atoms with E-state index in [1.165, 1.54) is 0 Å². The molecule has 1 fully saturated rings. The Hall–Kier alpha value is -2.15. The quantitative estimate of drug-likeness (QED) is 0.666. The number of aliphatic carboxylic acids is 1. The fourth-order valence-corrected chi connectivity index (χ4v) is 2.76. The Labute approximate surface area is 136 Å². The maximum absolute atomic E-state index is 11.7. The molecule has 0 unspecified atom stereocenters. The largest absolute Gasteiger partial charge is 0.480 e. The molecule has 23 heavy (non-hydrogen) atoms. The molecule has 0 radical (unpaired) electrons. The summed E-state index contributed by atoms with van der Waals surface area (Å²) in [6.07, 6.45) is 3.37. The zero-order chi connectivity index (χ0) is 16.8. The molecule has 0 saturated heterocycles. The lowest BCUT2D eigenvalue weighted by atomic mass is 9.85. The van der Waals surface area contributed by atoms with Crippen molar-refractivity contribution in [3.05, 3.63) is 23.9 Å². The van der Waals surface area contributed by atoms with Crippen molar-refractivity contribution in [3.8, 4) is 0 Å². The van der Waals surface area contributed by atoms with Gasteiger partial charge in [-0.3, -0.25) is 14.5 Å². The van der Waals surface area contributed by atoms with Crippen molar-refractivity contribution in [2.45, 2.75) is 38.8 Å². The van der Waals surface area contributed by atoms with E-state index in [-0.39, 0.29) is 12.5 Å². The minimum absolute atomic E-state index is 0.0906. The Morgan fingerprint density at radius 2 is 2.09 bits per heavy atom. The van der Waals surface area contributed by atoms with Crippen molar-refractivity contribution in [1.29, 1.82) is 0 Å². The van der Waals surface area contributed by atoms with Gasteiger partial charge in [0.25, 0.3) is 5.91 Å². The van der Waals surface area contributed by atoms with Gasteiger partial charge in [0.05, 0.1) is 12.1 Å². The summed E-state index contributed by atoms with van der Waals surface area (Å²) >= 11 is 0. The number of nitrogens with one attached hydrogen (secondary N) is 2. The van der Waals surface area contributed by atoms with E-state index in [0.29, 0.717) is 24.2 Å². The first kappa shape index (κ1) is 17.2. The van der Waals surface area contributed by atoms with Crippen molar-refractivity contribution in [3.63, 3.8) is 0 Å². The molecule has 1 aliphatic carbocycles. The van der Waals surface area contributed by atoms with Crippen molar-refractivity contribution >= 4 is 17.7 Å². The molecule has 7 heteroatoms. The molecule has 1 amide bonds. The van der Waals surface area contributed by atoms with Crippen LogP contribution in [-0.4, -0.2) is 58.6 Å². The van der Waals surface area contributed by atoms with E-state index in [2.05, 4.69) is 15.6 Å². The number of hydrogen-bond donors (Lipinski definition) is 3. The van der Waals surface area contributed by atoms with Gasteiger partial charge in [-0.2, -0.15) is 0 Å². The third-order valence-electron chi connectivity index (χ3n) is 4.09. The molecular formula is C16H24N4O3. The van der Waals surface area contributed by atoms with Crippen LogP contribution in [0.3, 0.4) is 0 Å². The first-order valence-corrected chi connectivity index (χ1v) is 8.00. The molecule has 0 aromatic carbocycles. The second-order valence-electron chi connectivity index (χ2n) is 5.71. The first-order valence-electron chi connectivity index (χ1n) is 8.00. The lowest BCUT2D eigenvalue weighted by Crippen LogP contribution is -2.51. The highest BCUT2D eigenvalue weighted by molar-refractivity contribution is 5.93. The molecule has 0 aliphatic heterocycles. The number of aromatic nitrogens is 1. The van der Waals surface area contributed by atoms with Gasteiger partial charge in [0, 0.05) is 24.8 Å². The summed E-state index contributed by atoms with van der Waals surface area (Å²) < 4.78 is 0. The van der Waals surface area contributed by atoms with Crippen LogP contribution in [0.15, 0.2) is 18.3 Å². The lowest BCUT2D eigenvalue weighted by molar-refractivity contribution is -0.139. The SMILES string of the molecule is CCNC(=O)c1ccc(NC2CC(N(CC)CC(=O)O)C2)nc1. The Balaban J connectivity index is 1.81. The standard InChI is InChI=1S/C16H24N4O3/c1-3-17-16(23)11-5-6-14(18-9-11)19-12-7-13(8-12)20(4-2)10-15(21)22/h5-6,9,12-13H,3-4,7-8,10H2,1-2H3,(H,17,23)(H,18,19)(H,21,22). The van der Waals surface area contributed by atoms with Crippen molar-refractivity contribution in [1.82, 2.24) is 15.2 Å². The number of carboxylic acids is 1. The van der Waals surface area contributed by atoms with Gasteiger partial charge >= 0.3 is 5.97 Å². The molecule has 0 spiro atoms. The number of anilines is 1. The van der Waals surface area contributed by atoms with Crippen molar-refractivity contribution < 1.29 is 14.7 Å². The number of carbonyl (C=O) groups excluding carboxylic acids is 1. The Morgan fingerprint density at radius 3 is 2.61 bits per heavy atom. The first-order chi connectivity index (χ1) is 11.0. The van der Waals surface area contributed by atoms with Crippen molar-refractivity contribution in [2.75, 3.05) is 25.0 Å². The van der Waals surface area contributed by atoms with Gasteiger partial charge in [-0.15, -0.1) is 0 Å². The molecule has 126 valence electrons. The molecule has 1 aromatic heterocycles. The summed E-state index contributed by atoms with van der Waals surface area (Å²) in [7, 11) is 0. The number of rotatable bonds is 8. The molecule has 2 rings (SSSR count). The van der Waals surface area contributed by atoms with Gasteiger partial charge in [0.1, 0.15) is 5.82 Å². The Morgan fingerprint density at radius 1 is 1.35 bits per heavy atom. The monoisotopic (exact) mass is 320 g/mol. The van der Waals surface area contributed by atoms with E-state index in [1.54, 1.807) is 18.3 Å². The summed E-state index contributed by atoms with van der Waals surface area (Å²) in [5.74, 6) is -0.170. The highest BCUT2D eigenvalue weighted by atomic mass is 16.4. The van der Waals surface area contributed by atoms with E-state index in [4.69, 9.17) is 5.11 Å². The van der Waals surface area contributed by atoms with Crippen LogP contribution >= 0.6 is 0 Å². The molecule has 0 bridgehead atoms. The fraction of sp³-hybridized carbons (Fsp3) is 0.562. The Kier molecular flexibility index (Phi) is 5.92. The number of likely N-dealkylation sites (N-methyl/N-ethyl adjacent to an activating group) is 1. The molecule has 1 heterocycles. The second-order valence-corrected chi connectivity index (χ2v) is 5.71. The van der Waals surface area contributed by atoms with Crippen LogP contribution in [0.5, 0.6) is 0 Å². The van der Waals surface area contributed by atoms with Gasteiger partial charge in [-0.1, -0.05) is 6.92 Å². The molecule has 1 aromatic rings. The fourth-order valence-electron chi connectivity index (χ4n) is 2.76. The average molecular weight is 320 g/mol. The molecule has 7 nitrogen and oxygen atoms in total. The van der Waals surface area contributed by atoms with Crippen LogP contribution in [-0.2, 0) is 4.79 Å². The van der Waals surface area contributed by atoms with Gasteiger partial charge < -0.3 is 15.7 Å². The zero-order valence-corrected chi connectivity index (χ0v) is 13.6. The number of hydrogen-bond acceptors (Lipinski definition) is 5. The predicted octanol–water partition coefficient (Wildman–Crippen LogP) is 1.18. The summed E-state index contributed by atoms with van der Waals surface area (Å²) in [4.78, 5) is 28.7. The van der Waals surface area contributed by atoms with E-state index < -0.39 is 5.97 Å². The normalized spacial score (nSPS) is 20.0. The third kappa shape index (κ3) is 4.66. The summed E-state index contributed by atoms with van der Waals surface area (Å²) in [5, 5.41) is 14.9. The smallest absolute Gasteiger partial charge is 0.317 e. The van der Waals surface area contributed by atoms with Crippen LogP contribution < -0.4 is 10.6 Å². The summed E-state index contributed by atoms with van der Waals surface area (Å²) in [6.45, 7) is 5.27. The van der Waals surface area contributed by atoms with E-state index in [0.717, 1.165) is 25.2 Å². The van der Waals surface area contributed by atoms with E-state index in [9.17, 15) is 9.59 Å². The van der Waals surface area contributed by atoms with Gasteiger partial charge in [-0.25, -0.2) is 4.98 Å². The summed E-state index contributed by atoms with van der Waals surface area (Å²) in [6, 6.07) is 4.15. The molecule has 0 atom stereocenters. The number of amides is 1. The number of carboxylic acid groups (broad SMARTS) is 1. The minimum Gasteiger partial charge on any atom is -0.480 e. The molecule has 1 saturated carbocycles. The predicted molar refractivity (Wildman–Crippen MR) is 87.6 cm³/mol. The van der Waals surface area contributed by atoms with Crippen LogP contribution in [0, 0.1) is 0 Å². The highest BCUT2D eigenvalue weighted by Gasteiger charge is 2.33. The maximum atomic E-state index is 11.7. The minimum atomic E-state index is -0.786. The Bertz CT molecular complexity index is 541. The van der Waals surface area contributed by atoms with Crippen molar-refractivity contribution in [2.24, 2.45) is 0 Å². The third-order valence-corrected chi connectivity index (χ3v) is 4.09. The second kappa shape index (κ2) is 7.92. The van der Waals surface area contributed by atoms with Crippen LogP contribution in [0.25, 0.3) is 0 Å². The van der Waals surface area contributed by atoms with Crippen LogP contribution in [0.4, 0.5) is 5.82 Å². The zero-order valence-electron chi connectivity index (χ0n) is 13.6. The van der Waals surface area contributed by atoms with Crippen LogP contribution in [0.1, 0.15) is 37.0 Å². The van der Waals surface area contributed by atoms with Gasteiger partial charge in [0.15, 0.2) is 0 Å². The highest BCUT2D eigenvalue weighted by Crippen LogP contribution is 2.28. The van der Waals surface area contributed by atoms with E-state index >= 15 is 0 Å². The topological polar surface area (TPSA) is 94.6 Å². The van der Waals surface area contributed by atoms with Crippen LogP contribution in [0.2, 0.25) is 0 Å². The number of pyridine rings is 1. The van der Waals surface area contributed by atoms with E-state index in [1.807, 2.05) is 18.7 Å². The lowest BCUT2D eigenvalue weighted by Gasteiger charge is -2.42. The number of nitrogens with zero attached hydrogens (tertiary/aromatic N) is 2. The van der Waals surface area contributed by atoms with Gasteiger partial charge in [0.2, 0.25) is 0 Å². The molecule has 3 N–H and O–H groups in total. The number of carbonyl (C=O) groups is 2. The molecular weight excluding hydrogens is 296 g/mol. The maximum Gasteiger partial charge on any atom is 0.317 e.